The predicted octanol–water partition coefficient (Wildman–Crippen LogP) is 2.88. The van der Waals surface area contributed by atoms with E-state index in [0.29, 0.717) is 5.69 Å². The Hall–Kier alpha value is -1.31. The average molecular weight is 363 g/mol. The van der Waals surface area contributed by atoms with Gasteiger partial charge in [0.15, 0.2) is 0 Å². The lowest BCUT2D eigenvalue weighted by Crippen LogP contribution is -2.14. The van der Waals surface area contributed by atoms with E-state index >= 15 is 0 Å². The second kappa shape index (κ2) is 5.36. The summed E-state index contributed by atoms with van der Waals surface area (Å²) >= 11 is 9.08. The lowest BCUT2D eigenvalue weighted by molar-refractivity contribution is 0.601. The second-order valence-electron chi connectivity index (χ2n) is 3.66. The van der Waals surface area contributed by atoms with E-state index in [9.17, 15) is 8.42 Å². The molecule has 0 saturated carbocycles. The summed E-state index contributed by atoms with van der Waals surface area (Å²) in [6, 6.07) is 7.46. The van der Waals surface area contributed by atoms with Crippen molar-refractivity contribution in [2.24, 2.45) is 0 Å². The summed E-state index contributed by atoms with van der Waals surface area (Å²) in [5, 5.41) is 0.0961. The minimum atomic E-state index is -3.82. The van der Waals surface area contributed by atoms with E-state index in [-0.39, 0.29) is 15.7 Å². The maximum Gasteiger partial charge on any atom is 0.264 e. The van der Waals surface area contributed by atoms with Crippen LogP contribution in [0.5, 0.6) is 0 Å². The highest BCUT2D eigenvalue weighted by Crippen LogP contribution is 2.25. The number of nitrogens with one attached hydrogen (secondary N) is 1. The van der Waals surface area contributed by atoms with Crippen LogP contribution in [0.15, 0.2) is 45.9 Å². The van der Waals surface area contributed by atoms with E-state index in [1.54, 1.807) is 6.07 Å². The molecule has 19 heavy (non-hydrogen) atoms. The summed E-state index contributed by atoms with van der Waals surface area (Å²) in [5.74, 6) is 0.196. The fourth-order valence-corrected chi connectivity index (χ4v) is 3.13. The van der Waals surface area contributed by atoms with Gasteiger partial charge < -0.3 is 5.73 Å². The van der Waals surface area contributed by atoms with E-state index < -0.39 is 10.0 Å². The molecule has 0 aliphatic rings. The minimum Gasteiger partial charge on any atom is -0.399 e. The Bertz CT molecular complexity index is 704. The molecule has 3 N–H and O–H groups in total. The van der Waals surface area contributed by atoms with Gasteiger partial charge in [-0.25, -0.2) is 13.4 Å². The van der Waals surface area contributed by atoms with Gasteiger partial charge in [0, 0.05) is 16.4 Å². The fourth-order valence-electron chi connectivity index (χ4n) is 1.35. The largest absolute Gasteiger partial charge is 0.399 e. The number of anilines is 2. The maximum absolute atomic E-state index is 12.2. The number of nitrogens with zero attached hydrogens (tertiary/aromatic N) is 1. The molecule has 1 aromatic heterocycles. The van der Waals surface area contributed by atoms with Gasteiger partial charge in [-0.05, 0) is 46.3 Å². The Morgan fingerprint density at radius 3 is 2.63 bits per heavy atom. The first kappa shape index (κ1) is 14.1. The van der Waals surface area contributed by atoms with Crippen LogP contribution in [0.1, 0.15) is 0 Å². The fraction of sp³-hybridized carbons (Fsp3) is 0. The van der Waals surface area contributed by atoms with Crippen LogP contribution >= 0.6 is 27.5 Å². The van der Waals surface area contributed by atoms with Gasteiger partial charge in [-0.1, -0.05) is 11.6 Å². The third-order valence-electron chi connectivity index (χ3n) is 2.21. The smallest absolute Gasteiger partial charge is 0.264 e. The lowest BCUT2D eigenvalue weighted by Gasteiger charge is -2.09. The summed E-state index contributed by atoms with van der Waals surface area (Å²) < 4.78 is 27.4. The Morgan fingerprint density at radius 2 is 2.00 bits per heavy atom. The van der Waals surface area contributed by atoms with Crippen molar-refractivity contribution < 1.29 is 8.42 Å². The zero-order chi connectivity index (χ0) is 14.0. The molecule has 0 spiro atoms. The maximum atomic E-state index is 12.2. The molecule has 2 aromatic rings. The molecule has 2 rings (SSSR count). The van der Waals surface area contributed by atoms with Crippen LogP contribution < -0.4 is 10.5 Å². The Balaban J connectivity index is 2.37. The Morgan fingerprint density at radius 1 is 1.26 bits per heavy atom. The number of benzene rings is 1. The van der Waals surface area contributed by atoms with Crippen molar-refractivity contribution in [1.82, 2.24) is 4.98 Å². The molecule has 0 fully saturated rings. The molecule has 1 heterocycles. The molecule has 0 aliphatic carbocycles. The number of aromatic nitrogens is 1. The molecule has 0 saturated heterocycles. The molecule has 5 nitrogen and oxygen atoms in total. The SMILES string of the molecule is Nc1ccc(Cl)c(S(=O)(=O)Nc2ccc(Br)cn2)c1. The third kappa shape index (κ3) is 3.37. The van der Waals surface area contributed by atoms with Gasteiger partial charge in [0.05, 0.1) is 5.02 Å². The first-order chi connectivity index (χ1) is 8.88. The van der Waals surface area contributed by atoms with E-state index in [1.165, 1.54) is 30.5 Å². The van der Waals surface area contributed by atoms with Gasteiger partial charge in [0.2, 0.25) is 0 Å². The van der Waals surface area contributed by atoms with Crippen LogP contribution in [-0.4, -0.2) is 13.4 Å². The van der Waals surface area contributed by atoms with Crippen LogP contribution in [0.2, 0.25) is 5.02 Å². The topological polar surface area (TPSA) is 85.1 Å². The average Bonchev–Trinajstić information content (AvgIpc) is 2.35. The quantitative estimate of drug-likeness (QED) is 0.822. The number of nitrogen functional groups attached to an aromatic ring is 1. The summed E-state index contributed by atoms with van der Waals surface area (Å²) in [6.45, 7) is 0. The number of hydrogen-bond acceptors (Lipinski definition) is 4. The lowest BCUT2D eigenvalue weighted by atomic mass is 10.3. The summed E-state index contributed by atoms with van der Waals surface area (Å²) in [6.07, 6.45) is 1.48. The molecule has 1 aromatic carbocycles. The standard InChI is InChI=1S/C11H9BrClN3O2S/c12-7-1-4-11(15-6-7)16-19(17,18)10-5-8(14)2-3-9(10)13/h1-6H,14H2,(H,15,16). The highest BCUT2D eigenvalue weighted by atomic mass is 79.9. The van der Waals surface area contributed by atoms with Crippen LogP contribution in [0.3, 0.4) is 0 Å². The Labute approximate surface area is 124 Å². The van der Waals surface area contributed by atoms with Crippen molar-refractivity contribution in [3.8, 4) is 0 Å². The van der Waals surface area contributed by atoms with Crippen molar-refractivity contribution in [2.75, 3.05) is 10.5 Å². The molecule has 0 unspecified atom stereocenters. The zero-order valence-electron chi connectivity index (χ0n) is 9.47. The van der Waals surface area contributed by atoms with Crippen molar-refractivity contribution in [1.29, 1.82) is 0 Å². The molecular formula is C11H9BrClN3O2S. The van der Waals surface area contributed by atoms with Crippen LogP contribution in [0.25, 0.3) is 0 Å². The number of nitrogens with two attached hydrogens (primary N) is 1. The summed E-state index contributed by atoms with van der Waals surface area (Å²) in [5.41, 5.74) is 5.88. The van der Waals surface area contributed by atoms with Crippen LogP contribution in [0.4, 0.5) is 11.5 Å². The van der Waals surface area contributed by atoms with Crippen molar-refractivity contribution in [3.63, 3.8) is 0 Å². The summed E-state index contributed by atoms with van der Waals surface area (Å²) in [7, 11) is -3.82. The highest BCUT2D eigenvalue weighted by molar-refractivity contribution is 9.10. The first-order valence-corrected chi connectivity index (χ1v) is 7.73. The van der Waals surface area contributed by atoms with Crippen molar-refractivity contribution in [3.05, 3.63) is 46.0 Å². The van der Waals surface area contributed by atoms with Gasteiger partial charge in [0.25, 0.3) is 10.0 Å². The highest BCUT2D eigenvalue weighted by Gasteiger charge is 2.18. The number of pyridine rings is 1. The molecule has 100 valence electrons. The van der Waals surface area contributed by atoms with Crippen LogP contribution in [0, 0.1) is 0 Å². The van der Waals surface area contributed by atoms with Gasteiger partial charge in [0.1, 0.15) is 10.7 Å². The number of halogens is 2. The number of rotatable bonds is 3. The molecule has 0 atom stereocenters. The molecule has 8 heteroatoms. The third-order valence-corrected chi connectivity index (χ3v) is 4.52. The Kier molecular flexibility index (Phi) is 3.98. The molecule has 0 aliphatic heterocycles. The molecule has 0 radical (unpaired) electrons. The van der Waals surface area contributed by atoms with Gasteiger partial charge in [-0.2, -0.15) is 0 Å². The number of hydrogen-bond donors (Lipinski definition) is 2. The zero-order valence-corrected chi connectivity index (χ0v) is 12.6. The minimum absolute atomic E-state index is 0.0844. The van der Waals surface area contributed by atoms with Crippen LogP contribution in [-0.2, 0) is 10.0 Å². The van der Waals surface area contributed by atoms with E-state index in [0.717, 1.165) is 4.47 Å². The van der Waals surface area contributed by atoms with E-state index in [1.807, 2.05) is 0 Å². The predicted molar refractivity (Wildman–Crippen MR) is 78.6 cm³/mol. The van der Waals surface area contributed by atoms with Crippen molar-refractivity contribution >= 4 is 49.1 Å². The number of sulfonamides is 1. The second-order valence-corrected chi connectivity index (χ2v) is 6.63. The molecule has 0 bridgehead atoms. The van der Waals surface area contributed by atoms with E-state index in [4.69, 9.17) is 17.3 Å². The summed E-state index contributed by atoms with van der Waals surface area (Å²) in [4.78, 5) is 3.85. The monoisotopic (exact) mass is 361 g/mol. The normalized spacial score (nSPS) is 11.3. The van der Waals surface area contributed by atoms with E-state index in [2.05, 4.69) is 25.6 Å². The molecular weight excluding hydrogens is 354 g/mol. The van der Waals surface area contributed by atoms with Crippen molar-refractivity contribution in [2.45, 2.75) is 4.90 Å². The first-order valence-electron chi connectivity index (χ1n) is 5.08. The van der Waals surface area contributed by atoms with Gasteiger partial charge in [-0.15, -0.1) is 0 Å². The molecule has 0 amide bonds. The van der Waals surface area contributed by atoms with Gasteiger partial charge in [-0.3, -0.25) is 4.72 Å². The van der Waals surface area contributed by atoms with Gasteiger partial charge >= 0.3 is 0 Å².